The Morgan fingerprint density at radius 2 is 2.08 bits per heavy atom. The van der Waals surface area contributed by atoms with Crippen molar-refractivity contribution >= 4 is 32.8 Å². The first-order valence-corrected chi connectivity index (χ1v) is 8.49. The Morgan fingerprint density at radius 1 is 1.29 bits per heavy atom. The molecule has 126 valence electrons. The number of rotatable bonds is 5. The standard InChI is InChI=1S/C14H16N6O3S/c1-9-5-10(3-4-12(9)19-24(21,22)23)6-15-13-11-7-18-20(2)14(11)17-8-16-13/h3-5,7-8,19H,6H2,1-2H3,(H,15,16,17)(H,21,22,23). The van der Waals surface area contributed by atoms with Gasteiger partial charge in [0.25, 0.3) is 0 Å². The van der Waals surface area contributed by atoms with Gasteiger partial charge in [0, 0.05) is 13.6 Å². The fourth-order valence-corrected chi connectivity index (χ4v) is 2.88. The number of benzene rings is 1. The minimum atomic E-state index is -4.28. The van der Waals surface area contributed by atoms with Crippen LogP contribution in [-0.2, 0) is 23.9 Å². The highest BCUT2D eigenvalue weighted by Gasteiger charge is 2.09. The van der Waals surface area contributed by atoms with Gasteiger partial charge in [-0.1, -0.05) is 12.1 Å². The molecule has 24 heavy (non-hydrogen) atoms. The maximum atomic E-state index is 10.9. The second-order valence-corrected chi connectivity index (χ2v) is 6.46. The van der Waals surface area contributed by atoms with Crippen LogP contribution in [0.4, 0.5) is 11.5 Å². The van der Waals surface area contributed by atoms with Crippen molar-refractivity contribution in [3.63, 3.8) is 0 Å². The normalized spacial score (nSPS) is 11.6. The molecule has 3 N–H and O–H groups in total. The number of fused-ring (bicyclic) bond motifs is 1. The molecule has 3 rings (SSSR count). The van der Waals surface area contributed by atoms with E-state index in [2.05, 4.69) is 25.1 Å². The van der Waals surface area contributed by atoms with Crippen molar-refractivity contribution in [3.8, 4) is 0 Å². The van der Waals surface area contributed by atoms with Crippen molar-refractivity contribution in [3.05, 3.63) is 41.9 Å². The van der Waals surface area contributed by atoms with Gasteiger partial charge in [-0.05, 0) is 24.1 Å². The van der Waals surface area contributed by atoms with Crippen molar-refractivity contribution in [2.75, 3.05) is 10.0 Å². The number of aryl methyl sites for hydroxylation is 2. The average Bonchev–Trinajstić information content (AvgIpc) is 2.89. The number of nitrogens with one attached hydrogen (secondary N) is 2. The van der Waals surface area contributed by atoms with E-state index in [4.69, 9.17) is 4.55 Å². The monoisotopic (exact) mass is 348 g/mol. The zero-order chi connectivity index (χ0) is 17.3. The molecule has 0 radical (unpaired) electrons. The Balaban J connectivity index is 1.78. The van der Waals surface area contributed by atoms with Gasteiger partial charge in [0.2, 0.25) is 0 Å². The Kier molecular flexibility index (Phi) is 4.08. The van der Waals surface area contributed by atoms with Gasteiger partial charge >= 0.3 is 10.3 Å². The lowest BCUT2D eigenvalue weighted by atomic mass is 10.1. The molecule has 0 saturated carbocycles. The number of hydrogen-bond donors (Lipinski definition) is 3. The van der Waals surface area contributed by atoms with Crippen molar-refractivity contribution in [2.24, 2.45) is 7.05 Å². The summed E-state index contributed by atoms with van der Waals surface area (Å²) in [7, 11) is -2.47. The van der Waals surface area contributed by atoms with E-state index < -0.39 is 10.3 Å². The summed E-state index contributed by atoms with van der Waals surface area (Å²) in [5.41, 5.74) is 2.69. The van der Waals surface area contributed by atoms with Gasteiger partial charge in [0.15, 0.2) is 5.65 Å². The van der Waals surface area contributed by atoms with Gasteiger partial charge in [-0.15, -0.1) is 0 Å². The molecule has 0 aliphatic heterocycles. The van der Waals surface area contributed by atoms with Crippen LogP contribution in [0.5, 0.6) is 0 Å². The molecule has 0 unspecified atom stereocenters. The van der Waals surface area contributed by atoms with Crippen LogP contribution in [0.25, 0.3) is 11.0 Å². The van der Waals surface area contributed by atoms with Gasteiger partial charge in [-0.3, -0.25) is 14.0 Å². The van der Waals surface area contributed by atoms with Gasteiger partial charge in [-0.25, -0.2) is 9.97 Å². The fourth-order valence-electron chi connectivity index (χ4n) is 2.38. The zero-order valence-electron chi connectivity index (χ0n) is 13.1. The number of nitrogens with zero attached hydrogens (tertiary/aromatic N) is 4. The summed E-state index contributed by atoms with van der Waals surface area (Å²) >= 11 is 0. The van der Waals surface area contributed by atoms with Crippen molar-refractivity contribution in [2.45, 2.75) is 13.5 Å². The summed E-state index contributed by atoms with van der Waals surface area (Å²) in [6, 6.07) is 5.18. The van der Waals surface area contributed by atoms with E-state index in [0.29, 0.717) is 23.6 Å². The molecule has 0 fully saturated rings. The first-order chi connectivity index (χ1) is 11.3. The van der Waals surface area contributed by atoms with Crippen LogP contribution in [-0.4, -0.2) is 32.7 Å². The van der Waals surface area contributed by atoms with Crippen LogP contribution in [0.15, 0.2) is 30.7 Å². The molecule has 2 aromatic heterocycles. The maximum Gasteiger partial charge on any atom is 0.357 e. The molecule has 9 nitrogen and oxygen atoms in total. The van der Waals surface area contributed by atoms with Crippen LogP contribution in [0.1, 0.15) is 11.1 Å². The van der Waals surface area contributed by atoms with Gasteiger partial charge in [-0.2, -0.15) is 13.5 Å². The summed E-state index contributed by atoms with van der Waals surface area (Å²) in [5.74, 6) is 0.672. The highest BCUT2D eigenvalue weighted by molar-refractivity contribution is 7.87. The van der Waals surface area contributed by atoms with Crippen LogP contribution in [0.3, 0.4) is 0 Å². The molecule has 2 heterocycles. The largest absolute Gasteiger partial charge is 0.365 e. The molecule has 0 saturated heterocycles. The van der Waals surface area contributed by atoms with E-state index in [1.54, 1.807) is 29.9 Å². The summed E-state index contributed by atoms with van der Waals surface area (Å²) in [6.45, 7) is 2.25. The Bertz CT molecular complexity index is 999. The highest BCUT2D eigenvalue weighted by atomic mass is 32.2. The first kappa shape index (κ1) is 16.1. The summed E-state index contributed by atoms with van der Waals surface area (Å²) in [5, 5.41) is 8.20. The quantitative estimate of drug-likeness (QED) is 0.597. The molecule has 0 bridgehead atoms. The molecule has 0 aliphatic rings. The predicted molar refractivity (Wildman–Crippen MR) is 90.0 cm³/mol. The SMILES string of the molecule is Cc1cc(CNc2ncnc3c2cnn3C)ccc1NS(=O)(=O)O. The zero-order valence-corrected chi connectivity index (χ0v) is 13.9. The van der Waals surface area contributed by atoms with Crippen LogP contribution >= 0.6 is 0 Å². The molecule has 0 amide bonds. The van der Waals surface area contributed by atoms with E-state index in [0.717, 1.165) is 16.6 Å². The third kappa shape index (κ3) is 3.44. The molecule has 0 aliphatic carbocycles. The van der Waals surface area contributed by atoms with Crippen molar-refractivity contribution in [1.82, 2.24) is 19.7 Å². The lowest BCUT2D eigenvalue weighted by molar-refractivity contribution is 0.489. The Labute approximate surface area is 138 Å². The summed E-state index contributed by atoms with van der Waals surface area (Å²) in [6.07, 6.45) is 3.17. The maximum absolute atomic E-state index is 10.9. The number of anilines is 2. The third-order valence-electron chi connectivity index (χ3n) is 3.52. The fraction of sp³-hybridized carbons (Fsp3) is 0.214. The van der Waals surface area contributed by atoms with Crippen LogP contribution in [0.2, 0.25) is 0 Å². The highest BCUT2D eigenvalue weighted by Crippen LogP contribution is 2.21. The average molecular weight is 348 g/mol. The van der Waals surface area contributed by atoms with Crippen LogP contribution < -0.4 is 10.0 Å². The third-order valence-corrected chi connectivity index (χ3v) is 4.00. The van der Waals surface area contributed by atoms with E-state index in [1.807, 2.05) is 13.1 Å². The lowest BCUT2D eigenvalue weighted by Crippen LogP contribution is -2.11. The number of aromatic nitrogens is 4. The van der Waals surface area contributed by atoms with Crippen molar-refractivity contribution < 1.29 is 13.0 Å². The number of hydrogen-bond acceptors (Lipinski definition) is 6. The minimum Gasteiger partial charge on any atom is -0.365 e. The van der Waals surface area contributed by atoms with E-state index in [9.17, 15) is 8.42 Å². The van der Waals surface area contributed by atoms with E-state index in [1.165, 1.54) is 6.33 Å². The first-order valence-electron chi connectivity index (χ1n) is 7.05. The summed E-state index contributed by atoms with van der Waals surface area (Å²) in [4.78, 5) is 8.40. The van der Waals surface area contributed by atoms with Gasteiger partial charge in [0.05, 0.1) is 17.3 Å². The molecular weight excluding hydrogens is 332 g/mol. The molecule has 0 spiro atoms. The molecule has 3 aromatic rings. The Morgan fingerprint density at radius 3 is 2.79 bits per heavy atom. The smallest absolute Gasteiger partial charge is 0.357 e. The second-order valence-electron chi connectivity index (χ2n) is 5.31. The second kappa shape index (κ2) is 6.06. The molecule has 0 atom stereocenters. The van der Waals surface area contributed by atoms with Gasteiger partial charge < -0.3 is 5.32 Å². The van der Waals surface area contributed by atoms with Gasteiger partial charge in [0.1, 0.15) is 12.1 Å². The van der Waals surface area contributed by atoms with E-state index >= 15 is 0 Å². The summed E-state index contributed by atoms with van der Waals surface area (Å²) < 4.78 is 34.3. The molecular formula is C14H16N6O3S. The molecule has 1 aromatic carbocycles. The Hall–Kier alpha value is -2.72. The topological polar surface area (TPSA) is 122 Å². The molecule has 10 heteroatoms. The van der Waals surface area contributed by atoms with Crippen LogP contribution in [0, 0.1) is 6.92 Å². The van der Waals surface area contributed by atoms with E-state index in [-0.39, 0.29) is 0 Å². The van der Waals surface area contributed by atoms with Crippen molar-refractivity contribution in [1.29, 1.82) is 0 Å². The lowest BCUT2D eigenvalue weighted by Gasteiger charge is -2.10. The predicted octanol–water partition coefficient (Wildman–Crippen LogP) is 1.50. The minimum absolute atomic E-state index is 0.331.